The number of halogens is 2. The molecule has 2 heterocycles. The van der Waals surface area contributed by atoms with Gasteiger partial charge in [0.1, 0.15) is 5.75 Å². The molecule has 0 bridgehead atoms. The number of nitrogens with zero attached hydrogens (tertiary/aromatic N) is 1. The smallest absolute Gasteiger partial charge is 0.169 e. The van der Waals surface area contributed by atoms with Crippen LogP contribution in [0.4, 0.5) is 4.39 Å². The van der Waals surface area contributed by atoms with Crippen LogP contribution in [-0.2, 0) is 11.2 Å². The summed E-state index contributed by atoms with van der Waals surface area (Å²) in [5.41, 5.74) is 5.36. The number of hydrogen-bond acceptors (Lipinski definition) is 3. The van der Waals surface area contributed by atoms with Gasteiger partial charge in [0.2, 0.25) is 0 Å². The number of fused-ring (bicyclic) bond motifs is 2. The van der Waals surface area contributed by atoms with E-state index in [-0.39, 0.29) is 25.3 Å². The van der Waals surface area contributed by atoms with Crippen LogP contribution >= 0.6 is 15.9 Å². The third-order valence-electron chi connectivity index (χ3n) is 6.51. The van der Waals surface area contributed by atoms with Gasteiger partial charge in [-0.3, -0.25) is 4.90 Å². The van der Waals surface area contributed by atoms with Crippen LogP contribution in [0.3, 0.4) is 0 Å². The fraction of sp³-hybridized carbons (Fsp3) is 0.417. The zero-order valence-corrected chi connectivity index (χ0v) is 18.3. The lowest BCUT2D eigenvalue weighted by molar-refractivity contribution is -0.147. The molecule has 0 amide bonds. The standard InChI is InChI=1S/C24H25BrFNO2/c1-15-9-19-18-6-4-3-5-16(18)10-20(19)23(27(15)12-24(26)13-29-14-24)21-11-17(25)7-8-22(21)28-2/h3-8,11,15,23H,9-10,12-14H2,1-2H3/t15-,23+/m1/s1. The Morgan fingerprint density at radius 1 is 1.24 bits per heavy atom. The number of alkyl halides is 1. The van der Waals surface area contributed by atoms with Crippen molar-refractivity contribution in [2.45, 2.75) is 37.5 Å². The first-order valence-electron chi connectivity index (χ1n) is 10.1. The van der Waals surface area contributed by atoms with Crippen LogP contribution in [0.1, 0.15) is 36.1 Å². The van der Waals surface area contributed by atoms with E-state index in [1.165, 1.54) is 22.3 Å². The average molecular weight is 458 g/mol. The van der Waals surface area contributed by atoms with Gasteiger partial charge in [-0.05, 0) is 60.2 Å². The number of rotatable bonds is 4. The molecule has 0 unspecified atom stereocenters. The molecule has 152 valence electrons. The second kappa shape index (κ2) is 7.22. The SMILES string of the molecule is COc1ccc(Br)cc1[C@@H]1C2=C(C[C@@H](C)N1CC1(F)COC1)c1ccccc1C2. The quantitative estimate of drug-likeness (QED) is 0.618. The van der Waals surface area contributed by atoms with Crippen LogP contribution in [0.2, 0.25) is 0 Å². The topological polar surface area (TPSA) is 21.7 Å². The van der Waals surface area contributed by atoms with Gasteiger partial charge >= 0.3 is 0 Å². The van der Waals surface area contributed by atoms with Gasteiger partial charge in [0, 0.05) is 22.6 Å². The molecule has 0 saturated carbocycles. The molecule has 1 saturated heterocycles. The second-order valence-corrected chi connectivity index (χ2v) is 9.41. The highest BCUT2D eigenvalue weighted by Crippen LogP contribution is 2.51. The van der Waals surface area contributed by atoms with Crippen molar-refractivity contribution in [3.63, 3.8) is 0 Å². The maximum absolute atomic E-state index is 15.2. The molecule has 5 heteroatoms. The summed E-state index contributed by atoms with van der Waals surface area (Å²) < 4.78 is 27.2. The van der Waals surface area contributed by atoms with Crippen molar-refractivity contribution in [2.75, 3.05) is 26.9 Å². The Balaban J connectivity index is 1.65. The third-order valence-corrected chi connectivity index (χ3v) is 7.01. The van der Waals surface area contributed by atoms with E-state index in [9.17, 15) is 0 Å². The summed E-state index contributed by atoms with van der Waals surface area (Å²) in [4.78, 5) is 2.33. The van der Waals surface area contributed by atoms with Crippen molar-refractivity contribution in [1.29, 1.82) is 0 Å². The van der Waals surface area contributed by atoms with Crippen LogP contribution < -0.4 is 4.74 Å². The predicted molar refractivity (Wildman–Crippen MR) is 116 cm³/mol. The maximum Gasteiger partial charge on any atom is 0.169 e. The normalized spacial score (nSPS) is 25.4. The molecule has 0 aromatic heterocycles. The van der Waals surface area contributed by atoms with E-state index in [2.05, 4.69) is 58.1 Å². The van der Waals surface area contributed by atoms with E-state index in [0.29, 0.717) is 6.54 Å². The number of hydrogen-bond donors (Lipinski definition) is 0. The van der Waals surface area contributed by atoms with E-state index < -0.39 is 5.67 Å². The van der Waals surface area contributed by atoms with Crippen molar-refractivity contribution >= 4 is 21.5 Å². The van der Waals surface area contributed by atoms with E-state index in [1.54, 1.807) is 7.11 Å². The Bertz CT molecular complexity index is 985. The number of ether oxygens (including phenoxy) is 2. The second-order valence-electron chi connectivity index (χ2n) is 8.50. The molecule has 5 rings (SSSR count). The van der Waals surface area contributed by atoms with Crippen LogP contribution in [0, 0.1) is 0 Å². The maximum atomic E-state index is 15.2. The molecule has 0 spiro atoms. The minimum absolute atomic E-state index is 0.0122. The van der Waals surface area contributed by atoms with Crippen LogP contribution in [0.5, 0.6) is 5.75 Å². The fourth-order valence-corrected chi connectivity index (χ4v) is 5.48. The van der Waals surface area contributed by atoms with Crippen LogP contribution in [-0.4, -0.2) is 43.5 Å². The minimum atomic E-state index is -1.27. The lowest BCUT2D eigenvalue weighted by Gasteiger charge is -2.47. The molecule has 29 heavy (non-hydrogen) atoms. The molecule has 0 radical (unpaired) electrons. The Kier molecular flexibility index (Phi) is 4.80. The molecule has 2 aliphatic heterocycles. The molecular formula is C24H25BrFNO2. The van der Waals surface area contributed by atoms with Crippen molar-refractivity contribution in [2.24, 2.45) is 0 Å². The van der Waals surface area contributed by atoms with Gasteiger partial charge < -0.3 is 9.47 Å². The summed E-state index contributed by atoms with van der Waals surface area (Å²) in [5, 5.41) is 0. The van der Waals surface area contributed by atoms with E-state index in [0.717, 1.165) is 28.6 Å². The highest BCUT2D eigenvalue weighted by Gasteiger charge is 2.47. The van der Waals surface area contributed by atoms with Crippen molar-refractivity contribution in [3.8, 4) is 5.75 Å². The Morgan fingerprint density at radius 3 is 2.76 bits per heavy atom. The first kappa shape index (κ1) is 19.3. The molecule has 1 aliphatic carbocycles. The van der Waals surface area contributed by atoms with Crippen LogP contribution in [0.25, 0.3) is 5.57 Å². The lowest BCUT2D eigenvalue weighted by atomic mass is 9.83. The first-order chi connectivity index (χ1) is 14.0. The Labute approximate surface area is 179 Å². The summed E-state index contributed by atoms with van der Waals surface area (Å²) in [6.45, 7) is 2.96. The van der Waals surface area contributed by atoms with Gasteiger partial charge in [0.25, 0.3) is 0 Å². The highest BCUT2D eigenvalue weighted by molar-refractivity contribution is 9.10. The fourth-order valence-electron chi connectivity index (χ4n) is 5.10. The molecule has 2 atom stereocenters. The molecule has 1 fully saturated rings. The molecule has 3 aliphatic rings. The van der Waals surface area contributed by atoms with Crippen molar-refractivity contribution < 1.29 is 13.9 Å². The molecular weight excluding hydrogens is 433 g/mol. The number of benzene rings is 2. The molecule has 3 nitrogen and oxygen atoms in total. The molecule has 0 N–H and O–H groups in total. The molecule has 2 aromatic rings. The van der Waals surface area contributed by atoms with Gasteiger partial charge in [0.05, 0.1) is 26.4 Å². The highest BCUT2D eigenvalue weighted by atomic mass is 79.9. The average Bonchev–Trinajstić information content (AvgIpc) is 3.05. The van der Waals surface area contributed by atoms with Gasteiger partial charge in [-0.25, -0.2) is 4.39 Å². The summed E-state index contributed by atoms with van der Waals surface area (Å²) in [6.07, 6.45) is 1.85. The van der Waals surface area contributed by atoms with Gasteiger partial charge in [-0.2, -0.15) is 0 Å². The van der Waals surface area contributed by atoms with Crippen molar-refractivity contribution in [3.05, 3.63) is 69.2 Å². The summed E-state index contributed by atoms with van der Waals surface area (Å²) in [6, 6.07) is 15.0. The lowest BCUT2D eigenvalue weighted by Crippen LogP contribution is -2.57. The van der Waals surface area contributed by atoms with Gasteiger partial charge in [0.15, 0.2) is 5.67 Å². The largest absolute Gasteiger partial charge is 0.496 e. The Hall–Kier alpha value is -1.69. The monoisotopic (exact) mass is 457 g/mol. The summed E-state index contributed by atoms with van der Waals surface area (Å²) in [7, 11) is 1.71. The zero-order chi connectivity index (χ0) is 20.2. The van der Waals surface area contributed by atoms with E-state index in [1.807, 2.05) is 12.1 Å². The van der Waals surface area contributed by atoms with E-state index >= 15 is 4.39 Å². The summed E-state index contributed by atoms with van der Waals surface area (Å²) >= 11 is 3.63. The Morgan fingerprint density at radius 2 is 2.03 bits per heavy atom. The van der Waals surface area contributed by atoms with Crippen molar-refractivity contribution in [1.82, 2.24) is 4.90 Å². The minimum Gasteiger partial charge on any atom is -0.496 e. The summed E-state index contributed by atoms with van der Waals surface area (Å²) in [5.74, 6) is 0.845. The van der Waals surface area contributed by atoms with E-state index in [4.69, 9.17) is 9.47 Å². The van der Waals surface area contributed by atoms with Gasteiger partial charge in [-0.15, -0.1) is 0 Å². The number of methoxy groups -OCH3 is 1. The predicted octanol–water partition coefficient (Wildman–Crippen LogP) is 5.34. The van der Waals surface area contributed by atoms with Crippen LogP contribution in [0.15, 0.2) is 52.5 Å². The first-order valence-corrected chi connectivity index (χ1v) is 10.9. The third kappa shape index (κ3) is 3.24. The zero-order valence-electron chi connectivity index (χ0n) is 16.8. The molecule has 2 aromatic carbocycles. The van der Waals surface area contributed by atoms with Gasteiger partial charge in [-0.1, -0.05) is 40.2 Å².